The Morgan fingerprint density at radius 2 is 2.05 bits per heavy atom. The maximum absolute atomic E-state index is 13.1. The van der Waals surface area contributed by atoms with Crippen molar-refractivity contribution in [1.82, 2.24) is 9.97 Å². The van der Waals surface area contributed by atoms with Gasteiger partial charge in [-0.25, -0.2) is 14.4 Å². The molecule has 106 valence electrons. The van der Waals surface area contributed by atoms with Gasteiger partial charge in [-0.1, -0.05) is 18.5 Å². The molecule has 0 atom stereocenters. The van der Waals surface area contributed by atoms with Gasteiger partial charge in [0, 0.05) is 12.2 Å². The Morgan fingerprint density at radius 3 is 2.75 bits per heavy atom. The normalized spacial score (nSPS) is 10.4. The molecule has 0 saturated heterocycles. The Morgan fingerprint density at radius 1 is 1.30 bits per heavy atom. The molecule has 0 aliphatic heterocycles. The molecular weight excluding hydrogens is 347 g/mol. The lowest BCUT2D eigenvalue weighted by Crippen LogP contribution is -2.05. The number of nitrogens with one attached hydrogen (secondary N) is 2. The van der Waals surface area contributed by atoms with E-state index in [9.17, 15) is 4.39 Å². The van der Waals surface area contributed by atoms with E-state index in [1.165, 1.54) is 18.5 Å². The van der Waals surface area contributed by atoms with Gasteiger partial charge in [-0.2, -0.15) is 0 Å². The van der Waals surface area contributed by atoms with Crippen molar-refractivity contribution < 1.29 is 4.39 Å². The highest BCUT2D eigenvalue weighted by Gasteiger charge is 2.09. The van der Waals surface area contributed by atoms with Crippen LogP contribution in [-0.2, 0) is 0 Å². The van der Waals surface area contributed by atoms with Crippen molar-refractivity contribution in [2.45, 2.75) is 13.3 Å². The van der Waals surface area contributed by atoms with Crippen LogP contribution in [0.4, 0.5) is 21.7 Å². The van der Waals surface area contributed by atoms with E-state index in [2.05, 4.69) is 43.5 Å². The van der Waals surface area contributed by atoms with E-state index < -0.39 is 5.82 Å². The van der Waals surface area contributed by atoms with Crippen LogP contribution in [0.1, 0.15) is 13.3 Å². The van der Waals surface area contributed by atoms with Crippen molar-refractivity contribution in [2.24, 2.45) is 0 Å². The summed E-state index contributed by atoms with van der Waals surface area (Å²) < 4.78 is 13.8. The summed E-state index contributed by atoms with van der Waals surface area (Å²) >= 11 is 9.19. The van der Waals surface area contributed by atoms with Gasteiger partial charge >= 0.3 is 0 Å². The Hall–Kier alpha value is -1.40. The van der Waals surface area contributed by atoms with Crippen molar-refractivity contribution in [1.29, 1.82) is 0 Å². The number of halogens is 3. The Balaban J connectivity index is 2.22. The van der Waals surface area contributed by atoms with E-state index in [0.29, 0.717) is 21.8 Å². The van der Waals surface area contributed by atoms with Crippen LogP contribution in [-0.4, -0.2) is 16.5 Å². The zero-order valence-corrected chi connectivity index (χ0v) is 13.1. The van der Waals surface area contributed by atoms with Crippen LogP contribution in [0.2, 0.25) is 5.02 Å². The third kappa shape index (κ3) is 3.58. The fourth-order valence-electron chi connectivity index (χ4n) is 1.53. The van der Waals surface area contributed by atoms with Crippen LogP contribution in [0.25, 0.3) is 0 Å². The summed E-state index contributed by atoms with van der Waals surface area (Å²) in [4.78, 5) is 8.30. The highest BCUT2D eigenvalue weighted by Crippen LogP contribution is 2.30. The molecule has 0 unspecified atom stereocenters. The van der Waals surface area contributed by atoms with Gasteiger partial charge in [0.1, 0.15) is 28.3 Å². The minimum absolute atomic E-state index is 0.0597. The third-order valence-corrected chi connectivity index (χ3v) is 3.56. The largest absolute Gasteiger partial charge is 0.369 e. The Kier molecular flexibility index (Phi) is 5.14. The lowest BCUT2D eigenvalue weighted by atomic mass is 10.3. The van der Waals surface area contributed by atoms with Crippen LogP contribution >= 0.6 is 27.5 Å². The van der Waals surface area contributed by atoms with Crippen molar-refractivity contribution in [2.75, 3.05) is 17.2 Å². The zero-order valence-electron chi connectivity index (χ0n) is 10.8. The van der Waals surface area contributed by atoms with Crippen molar-refractivity contribution in [3.63, 3.8) is 0 Å². The molecule has 0 radical (unpaired) electrons. The molecule has 1 heterocycles. The van der Waals surface area contributed by atoms with Crippen LogP contribution in [0.15, 0.2) is 29.0 Å². The first kappa shape index (κ1) is 15.0. The standard InChI is InChI=1S/C13H13BrClFN4/c1-2-5-17-12-11(14)13(19-7-18-12)20-8-3-4-10(16)9(15)6-8/h3-4,6-7H,2,5H2,1H3,(H2,17,18,19,20). The molecule has 1 aromatic heterocycles. The van der Waals surface area contributed by atoms with Crippen molar-refractivity contribution >= 4 is 44.9 Å². The summed E-state index contributed by atoms with van der Waals surface area (Å²) in [5, 5.41) is 6.31. The van der Waals surface area contributed by atoms with E-state index in [4.69, 9.17) is 11.6 Å². The summed E-state index contributed by atoms with van der Waals surface area (Å²) in [5.41, 5.74) is 0.650. The second-order valence-corrected chi connectivity index (χ2v) is 5.27. The van der Waals surface area contributed by atoms with Gasteiger partial charge in [0.2, 0.25) is 0 Å². The average molecular weight is 360 g/mol. The second-order valence-electron chi connectivity index (χ2n) is 4.07. The first-order chi connectivity index (χ1) is 9.61. The Labute approximate surface area is 129 Å². The first-order valence-corrected chi connectivity index (χ1v) is 7.25. The molecule has 0 bridgehead atoms. The van der Waals surface area contributed by atoms with E-state index >= 15 is 0 Å². The number of benzene rings is 1. The number of hydrogen-bond donors (Lipinski definition) is 2. The smallest absolute Gasteiger partial charge is 0.150 e. The quantitative estimate of drug-likeness (QED) is 0.819. The summed E-state index contributed by atoms with van der Waals surface area (Å²) in [6.07, 6.45) is 2.45. The monoisotopic (exact) mass is 358 g/mol. The van der Waals surface area contributed by atoms with Gasteiger partial charge in [0.15, 0.2) is 0 Å². The first-order valence-electron chi connectivity index (χ1n) is 6.08. The number of hydrogen-bond acceptors (Lipinski definition) is 4. The van der Waals surface area contributed by atoms with Crippen molar-refractivity contribution in [3.05, 3.63) is 39.8 Å². The number of anilines is 3. The number of rotatable bonds is 5. The van der Waals surface area contributed by atoms with E-state index in [-0.39, 0.29) is 5.02 Å². The van der Waals surface area contributed by atoms with Gasteiger partial charge in [-0.3, -0.25) is 0 Å². The molecule has 0 spiro atoms. The molecule has 1 aromatic carbocycles. The zero-order chi connectivity index (χ0) is 14.5. The molecule has 0 aliphatic rings. The Bertz CT molecular complexity index is 609. The van der Waals surface area contributed by atoms with Gasteiger partial charge in [-0.15, -0.1) is 0 Å². The molecule has 7 heteroatoms. The number of aromatic nitrogens is 2. The SMILES string of the molecule is CCCNc1ncnc(Nc2ccc(F)c(Cl)c2)c1Br. The van der Waals surface area contributed by atoms with Crippen LogP contribution in [0.3, 0.4) is 0 Å². The maximum atomic E-state index is 13.1. The second kappa shape index (κ2) is 6.85. The minimum atomic E-state index is -0.454. The fourth-order valence-corrected chi connectivity index (χ4v) is 2.16. The van der Waals surface area contributed by atoms with Crippen LogP contribution < -0.4 is 10.6 Å². The number of nitrogens with zero attached hydrogens (tertiary/aromatic N) is 2. The molecule has 0 saturated carbocycles. The molecule has 0 aliphatic carbocycles. The van der Waals surface area contributed by atoms with Crippen LogP contribution in [0.5, 0.6) is 0 Å². The van der Waals surface area contributed by atoms with Crippen molar-refractivity contribution in [3.8, 4) is 0 Å². The van der Waals surface area contributed by atoms with Gasteiger partial charge in [0.05, 0.1) is 5.02 Å². The molecule has 2 aromatic rings. The summed E-state index contributed by atoms with van der Waals surface area (Å²) in [6, 6.07) is 4.40. The summed E-state index contributed by atoms with van der Waals surface area (Å²) in [7, 11) is 0. The fraction of sp³-hybridized carbons (Fsp3) is 0.231. The van der Waals surface area contributed by atoms with E-state index in [0.717, 1.165) is 13.0 Å². The average Bonchev–Trinajstić information content (AvgIpc) is 2.44. The topological polar surface area (TPSA) is 49.8 Å². The van der Waals surface area contributed by atoms with Gasteiger partial charge in [-0.05, 0) is 40.5 Å². The molecule has 4 nitrogen and oxygen atoms in total. The molecule has 0 amide bonds. The van der Waals surface area contributed by atoms with E-state index in [1.807, 2.05) is 0 Å². The third-order valence-electron chi connectivity index (χ3n) is 2.51. The predicted molar refractivity (Wildman–Crippen MR) is 83.2 cm³/mol. The molecule has 0 fully saturated rings. The molecular formula is C13H13BrClFN4. The maximum Gasteiger partial charge on any atom is 0.150 e. The van der Waals surface area contributed by atoms with Crippen LogP contribution in [0, 0.1) is 5.82 Å². The predicted octanol–water partition coefficient (Wildman–Crippen LogP) is 4.60. The lowest BCUT2D eigenvalue weighted by Gasteiger charge is -2.11. The summed E-state index contributed by atoms with van der Waals surface area (Å²) in [6.45, 7) is 2.89. The van der Waals surface area contributed by atoms with Gasteiger partial charge in [0.25, 0.3) is 0 Å². The molecule has 2 rings (SSSR count). The van der Waals surface area contributed by atoms with E-state index in [1.54, 1.807) is 6.07 Å². The molecule has 20 heavy (non-hydrogen) atoms. The lowest BCUT2D eigenvalue weighted by molar-refractivity contribution is 0.628. The molecule has 2 N–H and O–H groups in total. The minimum Gasteiger partial charge on any atom is -0.369 e. The highest BCUT2D eigenvalue weighted by molar-refractivity contribution is 9.10. The highest BCUT2D eigenvalue weighted by atomic mass is 79.9. The summed E-state index contributed by atoms with van der Waals surface area (Å²) in [5.74, 6) is 0.836. The van der Waals surface area contributed by atoms with Gasteiger partial charge < -0.3 is 10.6 Å².